The van der Waals surface area contributed by atoms with Crippen LogP contribution < -0.4 is 5.32 Å². The van der Waals surface area contributed by atoms with Crippen molar-refractivity contribution in [1.82, 2.24) is 20.1 Å². The Morgan fingerprint density at radius 1 is 1.35 bits per heavy atom. The summed E-state index contributed by atoms with van der Waals surface area (Å²) in [5.41, 5.74) is 2.48. The number of hydrogen-bond acceptors (Lipinski definition) is 4. The Hall–Kier alpha value is -2.19. The Kier molecular flexibility index (Phi) is 4.16. The fraction of sp³-hybridized carbons (Fsp3) is 0.400. The van der Waals surface area contributed by atoms with Gasteiger partial charge >= 0.3 is 0 Å². The summed E-state index contributed by atoms with van der Waals surface area (Å²) < 4.78 is 1.72. The lowest BCUT2D eigenvalue weighted by Gasteiger charge is -2.10. The molecule has 5 nitrogen and oxygen atoms in total. The van der Waals surface area contributed by atoms with Crippen molar-refractivity contribution in [2.75, 3.05) is 0 Å². The lowest BCUT2D eigenvalue weighted by Crippen LogP contribution is -2.21. The summed E-state index contributed by atoms with van der Waals surface area (Å²) in [6.45, 7) is 8.68. The van der Waals surface area contributed by atoms with Gasteiger partial charge in [-0.15, -0.1) is 0 Å². The van der Waals surface area contributed by atoms with Crippen LogP contribution in [-0.4, -0.2) is 20.8 Å². The summed E-state index contributed by atoms with van der Waals surface area (Å²) >= 11 is 0. The summed E-state index contributed by atoms with van der Waals surface area (Å²) in [5.74, 6) is 1.49. The Morgan fingerprint density at radius 3 is 2.65 bits per heavy atom. The third-order valence-electron chi connectivity index (χ3n) is 3.00. The van der Waals surface area contributed by atoms with Crippen molar-refractivity contribution < 1.29 is 0 Å². The van der Waals surface area contributed by atoms with Gasteiger partial charge < -0.3 is 5.32 Å². The standard InChI is InChI=1S/C15H19N5/c1-10(2)17-9-13-5-6-15(14(7-13)8-16)20-12(4)18-11(3)19-20/h5-7,10,17H,9H2,1-4H3. The van der Waals surface area contributed by atoms with Crippen LogP contribution in [0.5, 0.6) is 0 Å². The van der Waals surface area contributed by atoms with Gasteiger partial charge in [0.2, 0.25) is 0 Å². The molecule has 2 rings (SSSR count). The van der Waals surface area contributed by atoms with Crippen molar-refractivity contribution in [2.24, 2.45) is 0 Å². The van der Waals surface area contributed by atoms with Crippen LogP contribution in [0.25, 0.3) is 5.69 Å². The number of rotatable bonds is 4. The number of aryl methyl sites for hydroxylation is 2. The van der Waals surface area contributed by atoms with Crippen molar-refractivity contribution >= 4 is 0 Å². The number of hydrogen-bond donors (Lipinski definition) is 1. The van der Waals surface area contributed by atoms with E-state index >= 15 is 0 Å². The highest BCUT2D eigenvalue weighted by Crippen LogP contribution is 2.17. The topological polar surface area (TPSA) is 66.5 Å². The molecule has 5 heteroatoms. The van der Waals surface area contributed by atoms with E-state index in [4.69, 9.17) is 0 Å². The van der Waals surface area contributed by atoms with E-state index in [0.29, 0.717) is 17.4 Å². The molecule has 2 aromatic rings. The Balaban J connectivity index is 2.36. The van der Waals surface area contributed by atoms with E-state index in [1.54, 1.807) is 4.68 Å². The fourth-order valence-electron chi connectivity index (χ4n) is 2.04. The zero-order valence-corrected chi connectivity index (χ0v) is 12.3. The largest absolute Gasteiger partial charge is 0.310 e. The van der Waals surface area contributed by atoms with Gasteiger partial charge in [-0.1, -0.05) is 19.9 Å². The zero-order valence-electron chi connectivity index (χ0n) is 12.3. The molecule has 0 amide bonds. The Labute approximate surface area is 119 Å². The number of aromatic nitrogens is 3. The monoisotopic (exact) mass is 269 g/mol. The van der Waals surface area contributed by atoms with E-state index in [1.165, 1.54) is 0 Å². The molecule has 0 spiro atoms. The number of benzene rings is 1. The van der Waals surface area contributed by atoms with E-state index < -0.39 is 0 Å². The summed E-state index contributed by atoms with van der Waals surface area (Å²) in [6.07, 6.45) is 0. The van der Waals surface area contributed by atoms with Crippen LogP contribution in [0.2, 0.25) is 0 Å². The minimum Gasteiger partial charge on any atom is -0.310 e. The van der Waals surface area contributed by atoms with Gasteiger partial charge in [-0.2, -0.15) is 10.4 Å². The molecular weight excluding hydrogens is 250 g/mol. The van der Waals surface area contributed by atoms with E-state index in [1.807, 2.05) is 32.0 Å². The number of nitrogens with zero attached hydrogens (tertiary/aromatic N) is 4. The molecular formula is C15H19N5. The van der Waals surface area contributed by atoms with Crippen LogP contribution in [0.15, 0.2) is 18.2 Å². The maximum atomic E-state index is 9.35. The number of nitriles is 1. The molecule has 0 bridgehead atoms. The van der Waals surface area contributed by atoms with Gasteiger partial charge in [-0.05, 0) is 31.5 Å². The molecule has 0 saturated heterocycles. The maximum absolute atomic E-state index is 9.35. The van der Waals surface area contributed by atoms with Gasteiger partial charge in [0.05, 0.1) is 11.3 Å². The average molecular weight is 269 g/mol. The average Bonchev–Trinajstić information content (AvgIpc) is 2.74. The van der Waals surface area contributed by atoms with Crippen LogP contribution in [0.3, 0.4) is 0 Å². The molecule has 1 aromatic carbocycles. The Bertz CT molecular complexity index is 649. The molecule has 1 heterocycles. The van der Waals surface area contributed by atoms with Gasteiger partial charge in [0, 0.05) is 12.6 Å². The normalized spacial score (nSPS) is 10.8. The molecule has 20 heavy (non-hydrogen) atoms. The van der Waals surface area contributed by atoms with Gasteiger partial charge in [0.15, 0.2) is 0 Å². The van der Waals surface area contributed by atoms with Crippen LogP contribution >= 0.6 is 0 Å². The molecule has 0 atom stereocenters. The van der Waals surface area contributed by atoms with Gasteiger partial charge in [-0.3, -0.25) is 0 Å². The quantitative estimate of drug-likeness (QED) is 0.924. The molecule has 1 N–H and O–H groups in total. The summed E-state index contributed by atoms with van der Waals surface area (Å²) in [7, 11) is 0. The van der Waals surface area contributed by atoms with E-state index in [0.717, 1.165) is 23.6 Å². The van der Waals surface area contributed by atoms with Gasteiger partial charge in [0.25, 0.3) is 0 Å². The van der Waals surface area contributed by atoms with Crippen LogP contribution in [-0.2, 0) is 6.54 Å². The summed E-state index contributed by atoms with van der Waals surface area (Å²) in [6, 6.07) is 8.51. The first-order valence-electron chi connectivity index (χ1n) is 6.68. The minimum absolute atomic E-state index is 0.417. The van der Waals surface area contributed by atoms with Crippen molar-refractivity contribution in [3.05, 3.63) is 41.0 Å². The highest BCUT2D eigenvalue weighted by Gasteiger charge is 2.10. The Morgan fingerprint density at radius 2 is 2.10 bits per heavy atom. The SMILES string of the molecule is Cc1nc(C)n(-c2ccc(CNC(C)C)cc2C#N)n1. The molecule has 0 unspecified atom stereocenters. The van der Waals surface area contributed by atoms with Crippen LogP contribution in [0.1, 0.15) is 36.6 Å². The van der Waals surface area contributed by atoms with Crippen molar-refractivity contribution in [3.63, 3.8) is 0 Å². The molecule has 0 saturated carbocycles. The fourth-order valence-corrected chi connectivity index (χ4v) is 2.04. The van der Waals surface area contributed by atoms with Crippen LogP contribution in [0, 0.1) is 25.2 Å². The van der Waals surface area contributed by atoms with Crippen molar-refractivity contribution in [2.45, 2.75) is 40.3 Å². The van der Waals surface area contributed by atoms with Gasteiger partial charge in [-0.25, -0.2) is 9.67 Å². The third-order valence-corrected chi connectivity index (χ3v) is 3.00. The highest BCUT2D eigenvalue weighted by molar-refractivity contribution is 5.50. The smallest absolute Gasteiger partial charge is 0.148 e. The van der Waals surface area contributed by atoms with E-state index in [-0.39, 0.29) is 0 Å². The third kappa shape index (κ3) is 3.03. The first kappa shape index (κ1) is 14.2. The van der Waals surface area contributed by atoms with Crippen molar-refractivity contribution in [1.29, 1.82) is 5.26 Å². The molecule has 0 aliphatic rings. The number of nitrogens with one attached hydrogen (secondary N) is 1. The van der Waals surface area contributed by atoms with Gasteiger partial charge in [0.1, 0.15) is 17.7 Å². The molecule has 0 fully saturated rings. The van der Waals surface area contributed by atoms with E-state index in [9.17, 15) is 5.26 Å². The summed E-state index contributed by atoms with van der Waals surface area (Å²) in [5, 5.41) is 17.0. The highest BCUT2D eigenvalue weighted by atomic mass is 15.3. The van der Waals surface area contributed by atoms with Crippen LogP contribution in [0.4, 0.5) is 0 Å². The zero-order chi connectivity index (χ0) is 14.7. The van der Waals surface area contributed by atoms with E-state index in [2.05, 4.69) is 35.3 Å². The molecule has 0 aliphatic heterocycles. The lowest BCUT2D eigenvalue weighted by molar-refractivity contribution is 0.588. The molecule has 0 radical (unpaired) electrons. The first-order valence-corrected chi connectivity index (χ1v) is 6.68. The molecule has 1 aromatic heterocycles. The second kappa shape index (κ2) is 5.85. The predicted molar refractivity (Wildman–Crippen MR) is 77.5 cm³/mol. The first-order chi connectivity index (χ1) is 9.51. The second-order valence-electron chi connectivity index (χ2n) is 5.12. The van der Waals surface area contributed by atoms with Crippen molar-refractivity contribution in [3.8, 4) is 11.8 Å². The second-order valence-corrected chi connectivity index (χ2v) is 5.12. The predicted octanol–water partition coefficient (Wildman–Crippen LogP) is 2.25. The lowest BCUT2D eigenvalue weighted by atomic mass is 10.1. The minimum atomic E-state index is 0.417. The summed E-state index contributed by atoms with van der Waals surface area (Å²) in [4.78, 5) is 4.27. The molecule has 0 aliphatic carbocycles. The maximum Gasteiger partial charge on any atom is 0.148 e. The molecule has 104 valence electrons.